The number of aldehydes is 1. The van der Waals surface area contributed by atoms with Crippen molar-refractivity contribution in [2.24, 2.45) is 0 Å². The number of nitrogens with two attached hydrogens (primary N) is 3. The summed E-state index contributed by atoms with van der Waals surface area (Å²) >= 11 is 10.3. The molecule has 0 amide bonds. The Hall–Kier alpha value is -8.61. The van der Waals surface area contributed by atoms with Crippen molar-refractivity contribution in [3.63, 3.8) is 0 Å². The van der Waals surface area contributed by atoms with Crippen LogP contribution in [0.2, 0.25) is 5.02 Å². The summed E-state index contributed by atoms with van der Waals surface area (Å²) in [5, 5.41) is 83.6. The molecule has 6 heterocycles. The first kappa shape index (κ1) is 92.4. The second-order valence-corrected chi connectivity index (χ2v) is 19.1. The number of nitro groups is 3. The quantitative estimate of drug-likeness (QED) is 0.00921. The number of nitrogens with zero attached hydrogens (tertiary/aromatic N) is 9. The molecule has 10 rings (SSSR count). The monoisotopic (exact) mass is 1530 g/mol. The average Bonchev–Trinajstić information content (AvgIpc) is 1.36. The largest absolute Gasteiger partial charge is 1.00 e. The van der Waals surface area contributed by atoms with E-state index in [4.69, 9.17) is 90.1 Å². The number of fused-ring (bicyclic) bond motifs is 2. The summed E-state index contributed by atoms with van der Waals surface area (Å²) in [4.78, 5) is 121. The fraction of sp³-hybridized carbons (Fsp3) is 0.0984. The van der Waals surface area contributed by atoms with Crippen molar-refractivity contribution in [2.45, 2.75) is 6.92 Å². The molecule has 0 bridgehead atoms. The number of imidazole rings is 2. The van der Waals surface area contributed by atoms with Crippen LogP contribution in [-0.4, -0.2) is 152 Å². The summed E-state index contributed by atoms with van der Waals surface area (Å²) in [5.41, 5.74) is 22.6. The Balaban J connectivity index is 0. The van der Waals surface area contributed by atoms with Gasteiger partial charge in [0.05, 0.1) is 62.8 Å². The van der Waals surface area contributed by atoms with Gasteiger partial charge in [0.2, 0.25) is 17.3 Å². The smallest absolute Gasteiger partial charge is 1.00 e. The SMILES string of the molecule is CC(=O)O.COC(=O)c1cccc(-c2ccn3ccnc3c2N)c1.COC(=O)c1cccc(-c2ccn3ccnc3c2[N+](=O)[O-])c1.Nc1nccc(-c2cccc(C(=O)CO)c2)c1[N+](=O)[O-].Nc1nccc(Cl)c1[N+](=O)[O-].O=C(CO)c1cccc(B(O)O)c1.O=CCCl.O=CO[O-].[H-].[K+].[K+].[Zn]. The van der Waals surface area contributed by atoms with Crippen LogP contribution in [0.5, 0.6) is 0 Å². The molecule has 0 aliphatic carbocycles. The van der Waals surface area contributed by atoms with E-state index in [1.54, 1.807) is 83.7 Å². The number of alkyl halides is 1. The van der Waals surface area contributed by atoms with Crippen molar-refractivity contribution in [2.75, 3.05) is 50.5 Å². The third-order valence-electron chi connectivity index (χ3n) is 12.1. The molecule has 0 atom stereocenters. The van der Waals surface area contributed by atoms with Gasteiger partial charge in [0, 0.05) is 92.7 Å². The summed E-state index contributed by atoms with van der Waals surface area (Å²) in [5.74, 6) is -2.84. The van der Waals surface area contributed by atoms with Crippen LogP contribution in [-0.2, 0) is 48.2 Å². The number of carbonyl (C=O) groups is 7. The molecule has 101 heavy (non-hydrogen) atoms. The molecule has 0 fully saturated rings. The van der Waals surface area contributed by atoms with Gasteiger partial charge >= 0.3 is 139 Å². The zero-order chi connectivity index (χ0) is 73.2. The number of halogens is 2. The number of hydrogen-bond donors (Lipinski definition) is 8. The molecule has 40 heteroatoms. The molecule has 11 N–H and O–H groups in total. The summed E-state index contributed by atoms with van der Waals surface area (Å²) in [6.07, 6.45) is 13.5. The topological polar surface area (TPSA) is 539 Å². The third kappa shape index (κ3) is 28.7. The van der Waals surface area contributed by atoms with Crippen LogP contribution in [0.4, 0.5) is 34.4 Å². The van der Waals surface area contributed by atoms with E-state index < -0.39 is 58.6 Å². The number of aliphatic hydroxyl groups is 2. The van der Waals surface area contributed by atoms with Crippen LogP contribution in [0.1, 0.15) is 49.8 Å². The fourth-order valence-corrected chi connectivity index (χ4v) is 8.16. The number of ketones is 2. The maximum atomic E-state index is 11.6. The molecule has 514 valence electrons. The number of aliphatic carboxylic acids is 1. The third-order valence-corrected chi connectivity index (χ3v) is 12.6. The molecule has 0 radical (unpaired) electrons. The summed E-state index contributed by atoms with van der Waals surface area (Å²) < 4.78 is 12.8. The van der Waals surface area contributed by atoms with Crippen LogP contribution in [0.15, 0.2) is 171 Å². The van der Waals surface area contributed by atoms with Crippen LogP contribution in [0, 0.1) is 30.3 Å². The number of pyridine rings is 4. The van der Waals surface area contributed by atoms with E-state index in [2.05, 4.69) is 29.6 Å². The molecule has 0 spiro atoms. The number of aromatic nitrogens is 6. The van der Waals surface area contributed by atoms with Crippen molar-refractivity contribution in [3.8, 4) is 33.4 Å². The average molecular weight is 1540 g/mol. The van der Waals surface area contributed by atoms with Crippen molar-refractivity contribution in [1.29, 1.82) is 0 Å². The van der Waals surface area contributed by atoms with Crippen molar-refractivity contribution >= 4 is 124 Å². The van der Waals surface area contributed by atoms with E-state index >= 15 is 0 Å². The number of nitrogen functional groups attached to an aromatic ring is 3. The fourth-order valence-electron chi connectivity index (χ4n) is 7.94. The van der Waals surface area contributed by atoms with E-state index in [9.17, 15) is 49.5 Å². The first-order valence-corrected chi connectivity index (χ1v) is 28.0. The van der Waals surface area contributed by atoms with E-state index in [0.29, 0.717) is 45.4 Å². The zero-order valence-electron chi connectivity index (χ0n) is 54.9. The van der Waals surface area contributed by atoms with Gasteiger partial charge in [-0.1, -0.05) is 78.3 Å². The minimum atomic E-state index is -1.59. The summed E-state index contributed by atoms with van der Waals surface area (Å²) in [6, 6.07) is 32.0. The molecule has 10 aromatic rings. The number of carbonyl (C=O) groups excluding carboxylic acids is 6. The Morgan fingerprint density at radius 3 is 1.37 bits per heavy atom. The molecule has 6 aromatic heterocycles. The Labute approximate surface area is 681 Å². The molecule has 0 unspecified atom stereocenters. The van der Waals surface area contributed by atoms with Gasteiger partial charge in [-0.05, 0) is 76.8 Å². The Morgan fingerprint density at radius 2 is 0.960 bits per heavy atom. The second-order valence-electron chi connectivity index (χ2n) is 18.3. The number of carboxylic acids is 1. The van der Waals surface area contributed by atoms with E-state index in [-0.39, 0.29) is 204 Å². The Bertz CT molecular complexity index is 4440. The number of ether oxygens (including phenoxy) is 2. The van der Waals surface area contributed by atoms with Gasteiger partial charge < -0.3 is 77.2 Å². The number of Topliss-reactive ketones (excluding diaryl/α,β-unsaturated/α-hetero) is 2. The van der Waals surface area contributed by atoms with Gasteiger partial charge in [-0.15, -0.1) is 11.6 Å². The van der Waals surface area contributed by atoms with Gasteiger partial charge in [-0.2, -0.15) is 0 Å². The predicted molar refractivity (Wildman–Crippen MR) is 354 cm³/mol. The summed E-state index contributed by atoms with van der Waals surface area (Å²) in [7, 11) is 1.06. The zero-order valence-corrected chi connectivity index (χ0v) is 64.6. The van der Waals surface area contributed by atoms with E-state index in [0.717, 1.165) is 18.1 Å². The van der Waals surface area contributed by atoms with Gasteiger partial charge in [0.1, 0.15) is 24.5 Å². The molecule has 4 aromatic carbocycles. The molecule has 34 nitrogen and oxygen atoms in total. The number of rotatable bonds is 15. The first-order valence-electron chi connectivity index (χ1n) is 27.1. The molecule has 0 aliphatic rings. The number of carboxylic acid groups (broad SMARTS) is 1. The van der Waals surface area contributed by atoms with E-state index in [1.165, 1.54) is 81.3 Å². The minimum Gasteiger partial charge on any atom is -1.00 e. The Kier molecular flexibility index (Phi) is 44.1. The number of anilines is 3. The maximum Gasteiger partial charge on any atom is 1.00 e. The predicted octanol–water partition coefficient (Wildman–Crippen LogP) is -0.685. The number of methoxy groups -OCH3 is 2. The number of hydrogen-bond acceptors (Lipinski definition) is 28. The maximum absolute atomic E-state index is 11.6. The number of aliphatic hydroxyl groups excluding tert-OH is 2. The molecular weight excluding hydrogens is 1480 g/mol. The van der Waals surface area contributed by atoms with Crippen LogP contribution < -0.4 is 131 Å². The van der Waals surface area contributed by atoms with Crippen molar-refractivity contribution < 1.29 is 217 Å². The summed E-state index contributed by atoms with van der Waals surface area (Å²) in [6.45, 7) is -0.297. The molecule has 0 aliphatic heterocycles. The minimum absolute atomic E-state index is 0. The van der Waals surface area contributed by atoms with Crippen molar-refractivity contribution in [1.82, 2.24) is 28.7 Å². The Morgan fingerprint density at radius 1 is 0.584 bits per heavy atom. The normalized spacial score (nSPS) is 9.45. The van der Waals surface area contributed by atoms with Gasteiger partial charge in [0.25, 0.3) is 12.4 Å². The van der Waals surface area contributed by atoms with Crippen molar-refractivity contribution in [3.05, 3.63) is 229 Å². The molecule has 0 saturated carbocycles. The van der Waals surface area contributed by atoms with E-state index in [1.807, 2.05) is 28.9 Å². The van der Waals surface area contributed by atoms with Crippen LogP contribution in [0.25, 0.3) is 44.7 Å². The standard InChI is InChI=1S/C15H11N3O4.C15H13N3O2.C13H11N3O4.C8H9BO4.C5H4ClN3O2.C2H3ClO.C2H4O2.CH2O3.2K.Zn.H/c1-22-15(19)11-4-2-3-10(9-11)12-5-7-17-8-6-16-14(17)13(12)18(20)21;1-20-15(19)11-4-2-3-10(9-11)12-5-7-18-8-6-17-14(18)13(12)16;14-13-12(16(19)20)10(4-5-15-13)8-2-1-3-9(6-8)11(18)7-17;10-5-8(11)6-2-1-3-7(4-6)9(12)13;6-3-1-2-8-5(7)4(3)9(10)11;3-1-2-4;1-2(3)4;2-1-4-3;;;;/h2-9H,1H3;2-9H,16H2,1H3;1-6,17H,7H2,(H2,14,15);1-4,10,12-13H,5H2;1-2H,(H2,7,8);2H,1H2;1H3,(H,3,4);1,3H;;;;/q;;;;;;;;2*+1;;-1/p-1. The number of benzene rings is 4. The number of esters is 2. The van der Waals surface area contributed by atoms with Crippen LogP contribution >= 0.6 is 23.2 Å². The second kappa shape index (κ2) is 48.3. The molecular formula is C61H57BCl2K2N12O22Zn. The van der Waals surface area contributed by atoms with Crippen LogP contribution in [0.3, 0.4) is 0 Å². The van der Waals surface area contributed by atoms with Gasteiger partial charge in [-0.3, -0.25) is 49.5 Å². The molecule has 0 saturated heterocycles. The van der Waals surface area contributed by atoms with Gasteiger partial charge in [0.15, 0.2) is 17.2 Å². The first-order chi connectivity index (χ1) is 46.7. The van der Waals surface area contributed by atoms with Gasteiger partial charge in [-0.25, -0.2) is 29.5 Å².